The monoisotopic (exact) mass is 495 g/mol. The number of hydrogen-bond donors (Lipinski definition) is 2. The summed E-state index contributed by atoms with van der Waals surface area (Å²) in [7, 11) is 3.65. The Balaban J connectivity index is 1.36. The Kier molecular flexibility index (Phi) is 7.73. The molecule has 2 amide bonds. The number of nitrogens with zero attached hydrogens (tertiary/aromatic N) is 3. The van der Waals surface area contributed by atoms with Crippen LogP contribution in [-0.2, 0) is 9.59 Å². The van der Waals surface area contributed by atoms with Gasteiger partial charge in [-0.05, 0) is 62.0 Å². The number of aryl methyl sites for hydroxylation is 1. The van der Waals surface area contributed by atoms with Gasteiger partial charge in [-0.2, -0.15) is 0 Å². The maximum absolute atomic E-state index is 12.5. The molecule has 1 aliphatic heterocycles. The number of halogens is 1. The predicted octanol–water partition coefficient (Wildman–Crippen LogP) is 4.31. The van der Waals surface area contributed by atoms with Crippen molar-refractivity contribution in [3.63, 3.8) is 0 Å². The van der Waals surface area contributed by atoms with Gasteiger partial charge in [0.25, 0.3) is 0 Å². The lowest BCUT2D eigenvalue weighted by Gasteiger charge is -2.33. The van der Waals surface area contributed by atoms with Crippen LogP contribution >= 0.6 is 11.6 Å². The number of anilines is 3. The molecule has 0 unspecified atom stereocenters. The summed E-state index contributed by atoms with van der Waals surface area (Å²) in [5, 5.41) is 7.11. The van der Waals surface area contributed by atoms with Crippen LogP contribution in [0.4, 0.5) is 17.2 Å². The first-order valence-electron chi connectivity index (χ1n) is 11.6. The third kappa shape index (κ3) is 6.21. The van der Waals surface area contributed by atoms with Crippen molar-refractivity contribution < 1.29 is 14.3 Å². The summed E-state index contributed by atoms with van der Waals surface area (Å²) < 4.78 is 5.23. The van der Waals surface area contributed by atoms with E-state index in [2.05, 4.69) is 40.5 Å². The van der Waals surface area contributed by atoms with Crippen LogP contribution < -0.4 is 20.3 Å². The van der Waals surface area contributed by atoms with Gasteiger partial charge in [-0.25, -0.2) is 4.98 Å². The number of carbonyl (C=O) groups is 2. The van der Waals surface area contributed by atoms with E-state index in [9.17, 15) is 9.59 Å². The van der Waals surface area contributed by atoms with E-state index in [0.29, 0.717) is 22.1 Å². The molecule has 35 heavy (non-hydrogen) atoms. The molecule has 8 nitrogen and oxygen atoms in total. The summed E-state index contributed by atoms with van der Waals surface area (Å²) in [6, 6.07) is 12.8. The number of hydrogen-bond acceptors (Lipinski definition) is 6. The first-order chi connectivity index (χ1) is 16.8. The van der Waals surface area contributed by atoms with Gasteiger partial charge in [-0.3, -0.25) is 9.59 Å². The van der Waals surface area contributed by atoms with Crippen LogP contribution in [0.2, 0.25) is 5.02 Å². The van der Waals surface area contributed by atoms with E-state index in [1.54, 1.807) is 18.2 Å². The molecule has 3 aromatic rings. The van der Waals surface area contributed by atoms with Gasteiger partial charge in [0.1, 0.15) is 11.6 Å². The molecule has 0 atom stereocenters. The van der Waals surface area contributed by atoms with Gasteiger partial charge in [0, 0.05) is 55.1 Å². The van der Waals surface area contributed by atoms with Gasteiger partial charge in [0.05, 0.1) is 18.3 Å². The standard InChI is InChI=1S/C26H30ClN5O3/c1-17-14-24(32-12-10-31(2)11-13-32)29-21-6-5-19(16-20(17)21)28-25(33)8-9-26(34)30-22-15-18(27)4-7-23(22)35-3/h4-7,14-16H,8-13H2,1-3H3,(H,28,33)(H,30,34). The molecule has 184 valence electrons. The highest BCUT2D eigenvalue weighted by molar-refractivity contribution is 6.31. The van der Waals surface area contributed by atoms with Crippen molar-refractivity contribution in [1.82, 2.24) is 9.88 Å². The van der Waals surface area contributed by atoms with Crippen LogP contribution in [0.3, 0.4) is 0 Å². The van der Waals surface area contributed by atoms with Gasteiger partial charge < -0.3 is 25.2 Å². The Labute approximate surface area is 210 Å². The molecule has 1 fully saturated rings. The Bertz CT molecular complexity index is 1240. The molecule has 2 heterocycles. The Morgan fingerprint density at radius 1 is 1.00 bits per heavy atom. The molecule has 1 aromatic heterocycles. The van der Waals surface area contributed by atoms with Crippen molar-refractivity contribution >= 4 is 51.5 Å². The number of ether oxygens (including phenoxy) is 1. The number of methoxy groups -OCH3 is 1. The third-order valence-electron chi connectivity index (χ3n) is 6.13. The summed E-state index contributed by atoms with van der Waals surface area (Å²) in [6.07, 6.45) is 0.0797. The van der Waals surface area contributed by atoms with Crippen molar-refractivity contribution in [3.8, 4) is 5.75 Å². The molecular formula is C26H30ClN5O3. The number of aromatic nitrogens is 1. The average molecular weight is 496 g/mol. The van der Waals surface area contributed by atoms with E-state index < -0.39 is 0 Å². The fraction of sp³-hybridized carbons (Fsp3) is 0.346. The molecule has 2 aromatic carbocycles. The number of benzene rings is 2. The molecule has 1 saturated heterocycles. The smallest absolute Gasteiger partial charge is 0.224 e. The first-order valence-corrected chi connectivity index (χ1v) is 12.0. The molecule has 0 bridgehead atoms. The second-order valence-corrected chi connectivity index (χ2v) is 9.20. The molecule has 0 spiro atoms. The van der Waals surface area contributed by atoms with Crippen LogP contribution in [0.15, 0.2) is 42.5 Å². The Morgan fingerprint density at radius 2 is 1.71 bits per heavy atom. The normalized spacial score (nSPS) is 14.1. The second-order valence-electron chi connectivity index (χ2n) is 8.76. The quantitative estimate of drug-likeness (QED) is 0.508. The predicted molar refractivity (Wildman–Crippen MR) is 141 cm³/mol. The summed E-state index contributed by atoms with van der Waals surface area (Å²) in [5.41, 5.74) is 3.15. The molecular weight excluding hydrogens is 466 g/mol. The highest BCUT2D eigenvalue weighted by Gasteiger charge is 2.17. The van der Waals surface area contributed by atoms with Gasteiger partial charge in [-0.15, -0.1) is 0 Å². The second kappa shape index (κ2) is 10.9. The van der Waals surface area contributed by atoms with E-state index in [4.69, 9.17) is 21.3 Å². The maximum Gasteiger partial charge on any atom is 0.224 e. The lowest BCUT2D eigenvalue weighted by molar-refractivity contribution is -0.121. The van der Waals surface area contributed by atoms with Gasteiger partial charge in [0.2, 0.25) is 11.8 Å². The topological polar surface area (TPSA) is 86.8 Å². The minimum atomic E-state index is -0.296. The largest absolute Gasteiger partial charge is 0.495 e. The van der Waals surface area contributed by atoms with Crippen LogP contribution in [0, 0.1) is 6.92 Å². The minimum Gasteiger partial charge on any atom is -0.495 e. The Hall–Kier alpha value is -3.36. The van der Waals surface area contributed by atoms with Crippen LogP contribution in [0.25, 0.3) is 10.9 Å². The van der Waals surface area contributed by atoms with E-state index in [-0.39, 0.29) is 24.7 Å². The number of likely N-dealkylation sites (N-methyl/N-ethyl adjacent to an activating group) is 1. The SMILES string of the molecule is COc1ccc(Cl)cc1NC(=O)CCC(=O)Nc1ccc2nc(N3CCN(C)CC3)cc(C)c2c1. The van der Waals surface area contributed by atoms with Crippen LogP contribution in [0.1, 0.15) is 18.4 Å². The van der Waals surface area contributed by atoms with Gasteiger partial charge in [-0.1, -0.05) is 11.6 Å². The zero-order valence-corrected chi connectivity index (χ0v) is 21.0. The number of piperazine rings is 1. The molecule has 1 aliphatic rings. The number of pyridine rings is 1. The number of amides is 2. The summed E-state index contributed by atoms with van der Waals surface area (Å²) in [4.78, 5) is 34.3. The average Bonchev–Trinajstić information content (AvgIpc) is 2.84. The molecule has 2 N–H and O–H groups in total. The van der Waals surface area contributed by atoms with E-state index in [1.807, 2.05) is 18.2 Å². The van der Waals surface area contributed by atoms with Crippen molar-refractivity contribution in [2.24, 2.45) is 0 Å². The van der Waals surface area contributed by atoms with Crippen LogP contribution in [0.5, 0.6) is 5.75 Å². The summed E-state index contributed by atoms with van der Waals surface area (Å²) in [6.45, 7) is 6.02. The summed E-state index contributed by atoms with van der Waals surface area (Å²) >= 11 is 6.00. The van der Waals surface area contributed by atoms with Crippen molar-refractivity contribution in [3.05, 3.63) is 53.1 Å². The zero-order chi connectivity index (χ0) is 24.9. The van der Waals surface area contributed by atoms with Crippen LogP contribution in [-0.4, -0.2) is 62.0 Å². The number of fused-ring (bicyclic) bond motifs is 1. The zero-order valence-electron chi connectivity index (χ0n) is 20.2. The highest BCUT2D eigenvalue weighted by atomic mass is 35.5. The molecule has 9 heteroatoms. The number of rotatable bonds is 7. The van der Waals surface area contributed by atoms with E-state index in [0.717, 1.165) is 48.5 Å². The number of nitrogens with one attached hydrogen (secondary N) is 2. The molecule has 0 saturated carbocycles. The lowest BCUT2D eigenvalue weighted by Crippen LogP contribution is -2.44. The van der Waals surface area contributed by atoms with Gasteiger partial charge in [0.15, 0.2) is 0 Å². The van der Waals surface area contributed by atoms with Crippen molar-refractivity contribution in [1.29, 1.82) is 0 Å². The minimum absolute atomic E-state index is 0.0318. The lowest BCUT2D eigenvalue weighted by atomic mass is 10.1. The van der Waals surface area contributed by atoms with Crippen molar-refractivity contribution in [2.45, 2.75) is 19.8 Å². The van der Waals surface area contributed by atoms with Crippen molar-refractivity contribution in [2.75, 3.05) is 55.9 Å². The van der Waals surface area contributed by atoms with E-state index >= 15 is 0 Å². The Morgan fingerprint density at radius 3 is 2.43 bits per heavy atom. The third-order valence-corrected chi connectivity index (χ3v) is 6.36. The summed E-state index contributed by atoms with van der Waals surface area (Å²) in [5.74, 6) is 0.957. The van der Waals surface area contributed by atoms with Gasteiger partial charge >= 0.3 is 0 Å². The fourth-order valence-electron chi connectivity index (χ4n) is 4.09. The fourth-order valence-corrected chi connectivity index (χ4v) is 4.27. The van der Waals surface area contributed by atoms with E-state index in [1.165, 1.54) is 7.11 Å². The number of carbonyl (C=O) groups excluding carboxylic acids is 2. The highest BCUT2D eigenvalue weighted by Crippen LogP contribution is 2.28. The molecule has 0 aliphatic carbocycles. The molecule has 0 radical (unpaired) electrons. The first kappa shape index (κ1) is 24.8. The maximum atomic E-state index is 12.5. The molecule has 4 rings (SSSR count).